The number of aromatic amines is 1. The molecular formula is C21H22Cl2N4O2. The Balaban J connectivity index is 1.32. The van der Waals surface area contributed by atoms with Gasteiger partial charge in [-0.1, -0.05) is 23.2 Å². The van der Waals surface area contributed by atoms with Gasteiger partial charge in [-0.05, 0) is 42.7 Å². The largest absolute Gasteiger partial charge is 0.492 e. The van der Waals surface area contributed by atoms with E-state index in [-0.39, 0.29) is 12.6 Å². The maximum Gasteiger partial charge on any atom is 0.157 e. The van der Waals surface area contributed by atoms with E-state index in [1.807, 2.05) is 24.3 Å². The highest BCUT2D eigenvalue weighted by molar-refractivity contribution is 6.46. The highest BCUT2D eigenvalue weighted by Crippen LogP contribution is 2.31. The van der Waals surface area contributed by atoms with Gasteiger partial charge in [-0.25, -0.2) is 4.98 Å². The minimum absolute atomic E-state index is 0.0765. The number of nitrogens with one attached hydrogen (secondary N) is 1. The summed E-state index contributed by atoms with van der Waals surface area (Å²) in [6, 6.07) is 6.06. The Morgan fingerprint density at radius 3 is 3.07 bits per heavy atom. The van der Waals surface area contributed by atoms with Gasteiger partial charge in [-0.15, -0.1) is 0 Å². The third-order valence-corrected chi connectivity index (χ3v) is 6.34. The van der Waals surface area contributed by atoms with Crippen molar-refractivity contribution in [1.29, 1.82) is 0 Å². The molecule has 6 nitrogen and oxygen atoms in total. The lowest BCUT2D eigenvalue weighted by molar-refractivity contribution is 0.106. The molecule has 2 aromatic rings. The Morgan fingerprint density at radius 2 is 2.21 bits per heavy atom. The van der Waals surface area contributed by atoms with E-state index in [2.05, 4.69) is 14.9 Å². The fraction of sp³-hybridized carbons (Fsp3) is 0.429. The summed E-state index contributed by atoms with van der Waals surface area (Å²) < 4.78 is 5.98. The lowest BCUT2D eigenvalue weighted by atomic mass is 9.99. The van der Waals surface area contributed by atoms with Crippen molar-refractivity contribution in [2.75, 3.05) is 19.8 Å². The first-order valence-electron chi connectivity index (χ1n) is 9.90. The maximum atomic E-state index is 9.14. The van der Waals surface area contributed by atoms with Gasteiger partial charge in [-0.3, -0.25) is 9.89 Å². The van der Waals surface area contributed by atoms with Crippen LogP contribution in [0, 0.1) is 0 Å². The molecule has 0 fully saturated rings. The molecule has 1 aromatic heterocycles. The molecule has 0 spiro atoms. The van der Waals surface area contributed by atoms with Gasteiger partial charge in [0.2, 0.25) is 0 Å². The second kappa shape index (κ2) is 7.76. The Labute approximate surface area is 179 Å². The number of halogens is 2. The van der Waals surface area contributed by atoms with Gasteiger partial charge in [-0.2, -0.15) is 0 Å². The first-order chi connectivity index (χ1) is 14.1. The van der Waals surface area contributed by atoms with Crippen LogP contribution in [0.25, 0.3) is 0 Å². The zero-order chi connectivity index (χ0) is 20.0. The minimum Gasteiger partial charge on any atom is -0.492 e. The van der Waals surface area contributed by atoms with Crippen LogP contribution in [0.4, 0.5) is 0 Å². The van der Waals surface area contributed by atoms with Crippen LogP contribution in [-0.2, 0) is 19.4 Å². The number of allylic oxidation sites excluding steroid dienone is 1. The Morgan fingerprint density at radius 1 is 1.31 bits per heavy atom. The number of aliphatic hydroxyl groups excluding tert-OH is 1. The third kappa shape index (κ3) is 3.70. The number of H-pyrrole nitrogens is 1. The molecule has 5 rings (SSSR count). The summed E-state index contributed by atoms with van der Waals surface area (Å²) in [4.78, 5) is 15.2. The smallest absolute Gasteiger partial charge is 0.157 e. The lowest BCUT2D eigenvalue weighted by Crippen LogP contribution is -2.45. The van der Waals surface area contributed by atoms with Crippen molar-refractivity contribution in [2.45, 2.75) is 37.9 Å². The zero-order valence-corrected chi connectivity index (χ0v) is 17.4. The molecule has 1 aromatic carbocycles. The number of benzene rings is 1. The van der Waals surface area contributed by atoms with E-state index in [9.17, 15) is 0 Å². The molecule has 1 unspecified atom stereocenters. The minimum atomic E-state index is -0.0765. The van der Waals surface area contributed by atoms with Crippen LogP contribution in [-0.4, -0.2) is 57.5 Å². The van der Waals surface area contributed by atoms with E-state index in [1.54, 1.807) is 0 Å². The molecule has 0 saturated heterocycles. The highest BCUT2D eigenvalue weighted by Gasteiger charge is 2.31. The number of aliphatic hydroxyl groups is 1. The van der Waals surface area contributed by atoms with E-state index >= 15 is 0 Å². The summed E-state index contributed by atoms with van der Waals surface area (Å²) in [5.41, 5.74) is 4.04. The summed E-state index contributed by atoms with van der Waals surface area (Å²) in [5, 5.41) is 10.5. The molecule has 0 saturated carbocycles. The van der Waals surface area contributed by atoms with Crippen molar-refractivity contribution in [3.05, 3.63) is 57.1 Å². The van der Waals surface area contributed by atoms with Gasteiger partial charge in [0.05, 0.1) is 22.5 Å². The average Bonchev–Trinajstić information content (AvgIpc) is 3.30. The number of ether oxygens (including phenoxy) is 1. The zero-order valence-electron chi connectivity index (χ0n) is 15.9. The molecule has 0 bridgehead atoms. The number of fused-ring (bicyclic) bond motifs is 2. The van der Waals surface area contributed by atoms with Gasteiger partial charge in [0.15, 0.2) is 5.82 Å². The van der Waals surface area contributed by atoms with Gasteiger partial charge in [0.25, 0.3) is 0 Å². The molecule has 0 amide bonds. The summed E-state index contributed by atoms with van der Waals surface area (Å²) in [6.07, 6.45) is 4.25. The number of nitrogens with zero attached hydrogens (tertiary/aromatic N) is 3. The number of aromatic nitrogens is 2. The molecule has 0 radical (unpaired) electrons. The van der Waals surface area contributed by atoms with Crippen molar-refractivity contribution in [2.24, 2.45) is 4.99 Å². The molecule has 3 aliphatic heterocycles. The standard InChI is InChI=1S/C21H22Cl2N4O2/c22-13-1-2-19-12(7-13)8-15(11-29-19)27-5-3-17-18(10-27)26-21(25-17)20-16(23)9-14(24-20)4-6-28/h1-2,7,9,14-15,28H,3-6,8,10-11H2,(H,25,26)/t14?,15-/m1/s1. The fourth-order valence-electron chi connectivity index (χ4n) is 4.29. The molecule has 8 heteroatoms. The van der Waals surface area contributed by atoms with Crippen molar-refractivity contribution in [1.82, 2.24) is 14.9 Å². The normalized spacial score (nSPS) is 23.8. The first kappa shape index (κ1) is 19.1. The summed E-state index contributed by atoms with van der Waals surface area (Å²) in [7, 11) is 0. The predicted octanol–water partition coefficient (Wildman–Crippen LogP) is 3.10. The van der Waals surface area contributed by atoms with Crippen LogP contribution in [0.15, 0.2) is 34.3 Å². The monoisotopic (exact) mass is 432 g/mol. The molecular weight excluding hydrogens is 411 g/mol. The lowest BCUT2D eigenvalue weighted by Gasteiger charge is -2.36. The van der Waals surface area contributed by atoms with Crippen molar-refractivity contribution in [3.8, 4) is 5.75 Å². The van der Waals surface area contributed by atoms with E-state index in [1.165, 1.54) is 0 Å². The van der Waals surface area contributed by atoms with Gasteiger partial charge in [0, 0.05) is 37.2 Å². The van der Waals surface area contributed by atoms with Gasteiger partial charge >= 0.3 is 0 Å². The molecule has 3 aliphatic rings. The summed E-state index contributed by atoms with van der Waals surface area (Å²) in [5.74, 6) is 1.65. The van der Waals surface area contributed by atoms with Crippen molar-refractivity contribution in [3.63, 3.8) is 0 Å². The van der Waals surface area contributed by atoms with Crippen LogP contribution in [0.2, 0.25) is 5.02 Å². The summed E-state index contributed by atoms with van der Waals surface area (Å²) >= 11 is 12.5. The molecule has 2 N–H and O–H groups in total. The Hall–Kier alpha value is -1.86. The number of rotatable bonds is 4. The Bertz CT molecular complexity index is 1000. The molecule has 152 valence electrons. The van der Waals surface area contributed by atoms with Crippen LogP contribution in [0.5, 0.6) is 5.75 Å². The number of hydrogen-bond acceptors (Lipinski definition) is 5. The predicted molar refractivity (Wildman–Crippen MR) is 113 cm³/mol. The fourth-order valence-corrected chi connectivity index (χ4v) is 4.77. The SMILES string of the molecule is OCCC1C=C(Cl)C(c2nc3c([nH]2)CN([C@H]2COc4ccc(Cl)cc4C2)CC3)=N1. The number of aliphatic imine (C=N–C) groups is 1. The van der Waals surface area contributed by atoms with Gasteiger partial charge in [0.1, 0.15) is 18.1 Å². The molecule has 29 heavy (non-hydrogen) atoms. The van der Waals surface area contributed by atoms with E-state index in [4.69, 9.17) is 38.0 Å². The molecule has 4 heterocycles. The summed E-state index contributed by atoms with van der Waals surface area (Å²) in [6.45, 7) is 2.49. The average molecular weight is 433 g/mol. The quantitative estimate of drug-likeness (QED) is 0.778. The van der Waals surface area contributed by atoms with Crippen molar-refractivity contribution < 1.29 is 9.84 Å². The number of imidazole rings is 1. The van der Waals surface area contributed by atoms with Crippen LogP contribution in [0.3, 0.4) is 0 Å². The molecule has 0 aliphatic carbocycles. The third-order valence-electron chi connectivity index (χ3n) is 5.80. The van der Waals surface area contributed by atoms with E-state index < -0.39 is 0 Å². The molecule has 2 atom stereocenters. The topological polar surface area (TPSA) is 73.7 Å². The van der Waals surface area contributed by atoms with Crippen LogP contribution in [0.1, 0.15) is 29.2 Å². The first-order valence-corrected chi connectivity index (χ1v) is 10.7. The second-order valence-corrected chi connectivity index (χ2v) is 8.57. The second-order valence-electron chi connectivity index (χ2n) is 7.72. The maximum absolute atomic E-state index is 9.14. The number of hydrogen-bond donors (Lipinski definition) is 2. The highest BCUT2D eigenvalue weighted by atomic mass is 35.5. The van der Waals surface area contributed by atoms with Gasteiger partial charge < -0.3 is 14.8 Å². The van der Waals surface area contributed by atoms with Crippen LogP contribution < -0.4 is 4.74 Å². The van der Waals surface area contributed by atoms with E-state index in [0.717, 1.165) is 59.5 Å². The van der Waals surface area contributed by atoms with E-state index in [0.29, 0.717) is 29.8 Å². The van der Waals surface area contributed by atoms with Crippen LogP contribution >= 0.6 is 23.2 Å². The Kier molecular flexibility index (Phi) is 5.12. The van der Waals surface area contributed by atoms with Crippen molar-refractivity contribution >= 4 is 28.9 Å².